The van der Waals surface area contributed by atoms with Crippen molar-refractivity contribution in [3.63, 3.8) is 0 Å². The number of fused-ring (bicyclic) bond motifs is 2. The van der Waals surface area contributed by atoms with Gasteiger partial charge in [0.1, 0.15) is 11.9 Å². The summed E-state index contributed by atoms with van der Waals surface area (Å²) in [6.45, 7) is 9.14. The Morgan fingerprint density at radius 2 is 1.78 bits per heavy atom. The van der Waals surface area contributed by atoms with Crippen LogP contribution in [0.4, 0.5) is 10.5 Å². The van der Waals surface area contributed by atoms with Crippen molar-refractivity contribution in [3.8, 4) is 5.75 Å². The largest absolute Gasteiger partial charge is 0.508 e. The molecule has 7 atom stereocenters. The maximum absolute atomic E-state index is 12.8. The fourth-order valence-corrected chi connectivity index (χ4v) is 4.84. The van der Waals surface area contributed by atoms with Crippen molar-refractivity contribution in [2.75, 3.05) is 12.4 Å². The minimum absolute atomic E-state index is 0.0848. The number of methoxy groups -OCH3 is 1. The van der Waals surface area contributed by atoms with Crippen LogP contribution in [-0.4, -0.2) is 52.7 Å². The lowest BCUT2D eigenvalue weighted by Crippen LogP contribution is -2.36. The number of carbonyl (C=O) groups is 2. The maximum Gasteiger partial charge on any atom is 0.405 e. The molecule has 1 heterocycles. The quantitative estimate of drug-likeness (QED) is 0.368. The van der Waals surface area contributed by atoms with E-state index in [1.54, 1.807) is 19.1 Å². The predicted molar refractivity (Wildman–Crippen MR) is 142 cm³/mol. The number of aliphatic hydroxyl groups is 2. The van der Waals surface area contributed by atoms with E-state index in [9.17, 15) is 24.9 Å². The van der Waals surface area contributed by atoms with Crippen molar-refractivity contribution in [1.29, 1.82) is 0 Å². The monoisotopic (exact) mass is 518 g/mol. The zero-order chi connectivity index (χ0) is 27.9. The molecule has 0 saturated carbocycles. The van der Waals surface area contributed by atoms with Gasteiger partial charge in [-0.05, 0) is 68.2 Å². The van der Waals surface area contributed by atoms with Crippen molar-refractivity contribution >= 4 is 17.7 Å². The van der Waals surface area contributed by atoms with Crippen LogP contribution in [0.3, 0.4) is 0 Å². The van der Waals surface area contributed by atoms with Crippen molar-refractivity contribution in [3.05, 3.63) is 47.1 Å². The average molecular weight is 519 g/mol. The Morgan fingerprint density at radius 1 is 1.11 bits per heavy atom. The molecular formula is C28H42N2O7. The zero-order valence-corrected chi connectivity index (χ0v) is 22.6. The number of carbonyl (C=O) groups excluding carboxylic acids is 2. The van der Waals surface area contributed by atoms with Gasteiger partial charge in [-0.1, -0.05) is 32.9 Å². The van der Waals surface area contributed by atoms with Crippen LogP contribution in [0, 0.1) is 17.8 Å². The molecule has 6 N–H and O–H groups in total. The predicted octanol–water partition coefficient (Wildman–Crippen LogP) is 4.19. The van der Waals surface area contributed by atoms with E-state index in [-0.39, 0.29) is 29.4 Å². The maximum atomic E-state index is 12.8. The summed E-state index contributed by atoms with van der Waals surface area (Å²) in [7, 11) is 1.50. The molecule has 206 valence electrons. The fourth-order valence-electron chi connectivity index (χ4n) is 4.84. The summed E-state index contributed by atoms with van der Waals surface area (Å²) < 4.78 is 11.0. The SMILES string of the molecule is CO[C@H]1C[C@H](C)[C@@H](O)c2cc(O)cc(c2)NC(=O)/C(C)=C/CC[C@H](C)[C@@H](OC(N)=O)/C(C)=C/[C@H](C)[C@H]1O. The highest BCUT2D eigenvalue weighted by Crippen LogP contribution is 2.33. The van der Waals surface area contributed by atoms with Gasteiger partial charge in [0.15, 0.2) is 0 Å². The lowest BCUT2D eigenvalue weighted by Gasteiger charge is -2.30. The molecule has 0 fully saturated rings. The Bertz CT molecular complexity index is 1010. The van der Waals surface area contributed by atoms with Crippen LogP contribution in [0.2, 0.25) is 0 Å². The molecule has 1 aromatic rings. The van der Waals surface area contributed by atoms with E-state index >= 15 is 0 Å². The molecule has 2 rings (SSSR count). The van der Waals surface area contributed by atoms with Gasteiger partial charge in [0.2, 0.25) is 0 Å². The molecule has 1 aliphatic heterocycles. The molecule has 0 radical (unpaired) electrons. The lowest BCUT2D eigenvalue weighted by molar-refractivity contribution is -0.112. The zero-order valence-electron chi connectivity index (χ0n) is 22.6. The molecule has 0 aromatic heterocycles. The number of benzene rings is 1. The third-order valence-electron chi connectivity index (χ3n) is 7.07. The Morgan fingerprint density at radius 3 is 2.41 bits per heavy atom. The molecular weight excluding hydrogens is 476 g/mol. The molecule has 0 saturated heterocycles. The number of anilines is 1. The van der Waals surface area contributed by atoms with E-state index in [0.717, 1.165) is 5.57 Å². The molecule has 2 bridgehead atoms. The van der Waals surface area contributed by atoms with Gasteiger partial charge in [-0.3, -0.25) is 4.79 Å². The van der Waals surface area contributed by atoms with Crippen LogP contribution in [0.1, 0.15) is 65.5 Å². The first kappa shape index (κ1) is 30.3. The first-order valence-corrected chi connectivity index (χ1v) is 12.7. The minimum Gasteiger partial charge on any atom is -0.508 e. The number of primary amides is 1. The fraction of sp³-hybridized carbons (Fsp3) is 0.571. The molecule has 9 heteroatoms. The standard InChI is InChI=1S/C28H42N2O7/c1-15-8-7-9-16(2)27(34)30-21-12-20(13-22(31)14-21)24(32)18(4)11-23(36-6)25(33)17(3)10-19(5)26(15)37-28(29)35/h9-10,12-15,17-18,23-26,31-33H,7-8,11H2,1-6H3,(H2,29,35)(H,30,34)/b16-9+,19-10+/t15-,17-,18-,23-,24+,25+,26+/m0/s1. The number of rotatable bonds is 2. The van der Waals surface area contributed by atoms with E-state index in [4.69, 9.17) is 15.2 Å². The highest BCUT2D eigenvalue weighted by molar-refractivity contribution is 6.03. The van der Waals surface area contributed by atoms with Crippen LogP contribution in [0.25, 0.3) is 0 Å². The number of hydrogen-bond acceptors (Lipinski definition) is 7. The van der Waals surface area contributed by atoms with Gasteiger partial charge in [-0.2, -0.15) is 0 Å². The molecule has 1 aromatic carbocycles. The summed E-state index contributed by atoms with van der Waals surface area (Å²) in [5.74, 6) is -1.22. The van der Waals surface area contributed by atoms with Gasteiger partial charge in [0.25, 0.3) is 5.91 Å². The van der Waals surface area contributed by atoms with E-state index in [2.05, 4.69) is 5.32 Å². The smallest absolute Gasteiger partial charge is 0.405 e. The van der Waals surface area contributed by atoms with Crippen molar-refractivity contribution in [2.24, 2.45) is 23.5 Å². The molecule has 0 spiro atoms. The van der Waals surface area contributed by atoms with Gasteiger partial charge >= 0.3 is 6.09 Å². The first-order valence-electron chi connectivity index (χ1n) is 12.7. The number of hydrogen-bond donors (Lipinski definition) is 5. The topological polar surface area (TPSA) is 151 Å². The van der Waals surface area contributed by atoms with Crippen LogP contribution >= 0.6 is 0 Å². The van der Waals surface area contributed by atoms with Crippen molar-refractivity contribution in [1.82, 2.24) is 0 Å². The van der Waals surface area contributed by atoms with Gasteiger partial charge in [0.05, 0.1) is 18.3 Å². The third-order valence-corrected chi connectivity index (χ3v) is 7.07. The van der Waals surface area contributed by atoms with Crippen LogP contribution in [-0.2, 0) is 14.3 Å². The summed E-state index contributed by atoms with van der Waals surface area (Å²) in [6, 6.07) is 4.50. The number of nitrogens with two attached hydrogens (primary N) is 1. The number of phenols is 1. The van der Waals surface area contributed by atoms with Gasteiger partial charge in [-0.15, -0.1) is 0 Å². The summed E-state index contributed by atoms with van der Waals surface area (Å²) in [5.41, 5.74) is 7.38. The molecule has 2 amide bonds. The van der Waals surface area contributed by atoms with Crippen LogP contribution < -0.4 is 11.1 Å². The Hall–Kier alpha value is -2.88. The average Bonchev–Trinajstić information content (AvgIpc) is 2.83. The van der Waals surface area contributed by atoms with E-state index < -0.39 is 30.5 Å². The Kier molecular flexibility index (Phi) is 11.2. The molecule has 0 unspecified atom stereocenters. The van der Waals surface area contributed by atoms with E-state index in [1.807, 2.05) is 33.8 Å². The van der Waals surface area contributed by atoms with Gasteiger partial charge in [0, 0.05) is 30.4 Å². The molecule has 0 aliphatic carbocycles. The second-order valence-electron chi connectivity index (χ2n) is 10.3. The van der Waals surface area contributed by atoms with E-state index in [1.165, 1.54) is 19.2 Å². The van der Waals surface area contributed by atoms with Crippen LogP contribution in [0.15, 0.2) is 41.5 Å². The second-order valence-corrected chi connectivity index (χ2v) is 10.3. The van der Waals surface area contributed by atoms with Gasteiger partial charge in [-0.25, -0.2) is 4.79 Å². The van der Waals surface area contributed by atoms with E-state index in [0.29, 0.717) is 36.1 Å². The molecule has 1 aliphatic rings. The Labute approximate surface area is 219 Å². The van der Waals surface area contributed by atoms with Crippen molar-refractivity contribution in [2.45, 2.75) is 78.3 Å². The number of aromatic hydroxyl groups is 1. The summed E-state index contributed by atoms with van der Waals surface area (Å²) in [5, 5.41) is 35.1. The molecule has 37 heavy (non-hydrogen) atoms. The lowest BCUT2D eigenvalue weighted by atomic mass is 9.86. The minimum atomic E-state index is -0.979. The number of amides is 2. The van der Waals surface area contributed by atoms with Gasteiger partial charge < -0.3 is 35.8 Å². The van der Waals surface area contributed by atoms with Crippen molar-refractivity contribution < 1.29 is 34.4 Å². The number of allylic oxidation sites excluding steroid dienone is 1. The number of ether oxygens (including phenoxy) is 2. The number of nitrogens with one attached hydrogen (secondary N) is 1. The molecule has 9 nitrogen and oxygen atoms in total. The normalized spacial score (nSPS) is 33.4. The summed E-state index contributed by atoms with van der Waals surface area (Å²) in [4.78, 5) is 24.4. The first-order chi connectivity index (χ1) is 17.3. The summed E-state index contributed by atoms with van der Waals surface area (Å²) in [6.07, 6.45) is 1.20. The Balaban J connectivity index is 2.48. The highest BCUT2D eigenvalue weighted by atomic mass is 16.6. The summed E-state index contributed by atoms with van der Waals surface area (Å²) >= 11 is 0. The second kappa shape index (κ2) is 13.6. The van der Waals surface area contributed by atoms with Crippen LogP contribution in [0.5, 0.6) is 5.75 Å². The number of aliphatic hydroxyl groups excluding tert-OH is 2. The number of phenolic OH excluding ortho intramolecular Hbond substituents is 1. The third kappa shape index (κ3) is 8.59. The highest BCUT2D eigenvalue weighted by Gasteiger charge is 2.30.